The standard InChI is InChI=1S/C30H33ClF2N8O2/c1-18(2)5-4-6-25(19-11-20(13-21(32)12-19)30-24(37-17-42)15-38-39(30)3)40-16-36-23(14-27(40)43)28-26(41(35)10-9-34)8-7-22(31)29(28)33/h7-18,25H,4-6,34-35H2,1-3H3,(H,37,42)/b10-9-/t25-/m0/s1. The van der Waals surface area contributed by atoms with E-state index >= 15 is 8.78 Å². The van der Waals surface area contributed by atoms with Gasteiger partial charge < -0.3 is 11.1 Å². The minimum absolute atomic E-state index is 0.0115. The van der Waals surface area contributed by atoms with Crippen LogP contribution >= 0.6 is 11.6 Å². The maximum absolute atomic E-state index is 15.3. The summed E-state index contributed by atoms with van der Waals surface area (Å²) in [6.45, 7) is 4.19. The number of nitrogens with one attached hydrogen (secondary N) is 1. The minimum atomic E-state index is -0.802. The van der Waals surface area contributed by atoms with E-state index in [1.54, 1.807) is 13.1 Å². The van der Waals surface area contributed by atoms with Crippen molar-refractivity contribution in [3.8, 4) is 22.5 Å². The van der Waals surface area contributed by atoms with Gasteiger partial charge in [-0.15, -0.1) is 0 Å². The van der Waals surface area contributed by atoms with Gasteiger partial charge in [0.2, 0.25) is 6.41 Å². The Morgan fingerprint density at radius 1 is 1.16 bits per heavy atom. The summed E-state index contributed by atoms with van der Waals surface area (Å²) >= 11 is 6.06. The molecule has 1 atom stereocenters. The van der Waals surface area contributed by atoms with Crippen molar-refractivity contribution >= 4 is 29.4 Å². The summed E-state index contributed by atoms with van der Waals surface area (Å²) in [7, 11) is 1.68. The Labute approximate surface area is 252 Å². The fourth-order valence-electron chi connectivity index (χ4n) is 5.03. The van der Waals surface area contributed by atoms with E-state index in [1.807, 2.05) is 0 Å². The molecule has 0 saturated heterocycles. The van der Waals surface area contributed by atoms with E-state index in [0.29, 0.717) is 41.3 Å². The van der Waals surface area contributed by atoms with Gasteiger partial charge in [-0.05, 0) is 48.2 Å². The van der Waals surface area contributed by atoms with E-state index in [4.69, 9.17) is 23.2 Å². The van der Waals surface area contributed by atoms with Crippen LogP contribution in [0.5, 0.6) is 0 Å². The van der Waals surface area contributed by atoms with Crippen LogP contribution in [0.2, 0.25) is 5.02 Å². The fourth-order valence-corrected chi connectivity index (χ4v) is 5.19. The highest BCUT2D eigenvalue weighted by Crippen LogP contribution is 2.36. The molecule has 13 heteroatoms. The van der Waals surface area contributed by atoms with Gasteiger partial charge in [-0.2, -0.15) is 5.10 Å². The van der Waals surface area contributed by atoms with Crippen LogP contribution in [0.25, 0.3) is 22.5 Å². The number of aromatic nitrogens is 4. The number of amides is 1. The number of hydrogen-bond acceptors (Lipinski definition) is 7. The molecule has 4 rings (SSSR count). The first-order chi connectivity index (χ1) is 20.5. The molecule has 43 heavy (non-hydrogen) atoms. The van der Waals surface area contributed by atoms with Crippen LogP contribution in [0.1, 0.15) is 44.7 Å². The molecule has 5 N–H and O–H groups in total. The van der Waals surface area contributed by atoms with Crippen molar-refractivity contribution in [1.29, 1.82) is 0 Å². The summed E-state index contributed by atoms with van der Waals surface area (Å²) in [5.41, 5.74) is 6.98. The molecule has 2 aromatic heterocycles. The van der Waals surface area contributed by atoms with E-state index in [2.05, 4.69) is 29.2 Å². The Kier molecular flexibility index (Phi) is 9.94. The molecule has 0 aliphatic rings. The smallest absolute Gasteiger partial charge is 0.254 e. The van der Waals surface area contributed by atoms with Gasteiger partial charge in [0.1, 0.15) is 5.82 Å². The zero-order valence-electron chi connectivity index (χ0n) is 24.0. The maximum Gasteiger partial charge on any atom is 0.254 e. The van der Waals surface area contributed by atoms with Gasteiger partial charge in [-0.25, -0.2) is 19.6 Å². The van der Waals surface area contributed by atoms with Crippen molar-refractivity contribution in [1.82, 2.24) is 19.3 Å². The minimum Gasteiger partial charge on any atom is -0.403 e. The van der Waals surface area contributed by atoms with E-state index in [1.165, 1.54) is 64.5 Å². The van der Waals surface area contributed by atoms with Crippen LogP contribution in [0.15, 0.2) is 66.1 Å². The number of carbonyl (C=O) groups excluding carboxylic acids is 1. The van der Waals surface area contributed by atoms with Gasteiger partial charge in [-0.3, -0.25) is 23.8 Å². The number of carbonyl (C=O) groups is 1. The average molecular weight is 611 g/mol. The van der Waals surface area contributed by atoms with Crippen molar-refractivity contribution in [2.24, 2.45) is 24.5 Å². The number of benzene rings is 2. The Bertz CT molecular complexity index is 1700. The summed E-state index contributed by atoms with van der Waals surface area (Å²) in [5.74, 6) is 5.11. The largest absolute Gasteiger partial charge is 0.403 e. The van der Waals surface area contributed by atoms with Crippen molar-refractivity contribution < 1.29 is 13.6 Å². The summed E-state index contributed by atoms with van der Waals surface area (Å²) in [6, 6.07) is 7.89. The highest BCUT2D eigenvalue weighted by molar-refractivity contribution is 6.31. The first kappa shape index (κ1) is 31.4. The van der Waals surface area contributed by atoms with Gasteiger partial charge in [0.05, 0.1) is 51.9 Å². The van der Waals surface area contributed by atoms with Crippen LogP contribution in [0.4, 0.5) is 20.2 Å². The summed E-state index contributed by atoms with van der Waals surface area (Å²) < 4.78 is 33.4. The Morgan fingerprint density at radius 3 is 2.60 bits per heavy atom. The molecule has 0 aliphatic carbocycles. The molecule has 4 aromatic rings. The van der Waals surface area contributed by atoms with Crippen LogP contribution in [-0.2, 0) is 11.8 Å². The molecule has 0 bridgehead atoms. The molecule has 0 spiro atoms. The molecule has 226 valence electrons. The molecule has 0 aliphatic heterocycles. The summed E-state index contributed by atoms with van der Waals surface area (Å²) in [5, 5.41) is 7.69. The topological polar surface area (TPSA) is 137 Å². The van der Waals surface area contributed by atoms with Crippen LogP contribution in [-0.4, -0.2) is 25.7 Å². The lowest BCUT2D eigenvalue weighted by Gasteiger charge is -2.23. The Morgan fingerprint density at radius 2 is 1.93 bits per heavy atom. The van der Waals surface area contributed by atoms with E-state index in [0.717, 1.165) is 17.9 Å². The van der Waals surface area contributed by atoms with Gasteiger partial charge in [-0.1, -0.05) is 38.3 Å². The number of nitrogens with two attached hydrogens (primary N) is 2. The molecule has 2 aromatic carbocycles. The lowest BCUT2D eigenvalue weighted by atomic mass is 9.95. The predicted octanol–water partition coefficient (Wildman–Crippen LogP) is 5.34. The van der Waals surface area contributed by atoms with E-state index in [9.17, 15) is 9.59 Å². The lowest BCUT2D eigenvalue weighted by molar-refractivity contribution is -0.105. The SMILES string of the molecule is CC(C)CCC[C@@H](c1cc(F)cc(-c2c(NC=O)cnn2C)c1)n1cnc(-c2c(N(N)/C=C\N)ccc(Cl)c2F)cc1=O. The van der Waals surface area contributed by atoms with E-state index < -0.39 is 23.2 Å². The lowest BCUT2D eigenvalue weighted by Crippen LogP contribution is -2.27. The molecule has 2 heterocycles. The summed E-state index contributed by atoms with van der Waals surface area (Å²) in [6.07, 6.45) is 7.93. The van der Waals surface area contributed by atoms with E-state index in [-0.39, 0.29) is 22.0 Å². The Balaban J connectivity index is 1.84. The Hall–Kier alpha value is -4.55. The molecule has 10 nitrogen and oxygen atoms in total. The number of hydrogen-bond donors (Lipinski definition) is 3. The molecular weight excluding hydrogens is 578 g/mol. The van der Waals surface area contributed by atoms with Crippen molar-refractivity contribution in [2.45, 2.75) is 39.2 Å². The van der Waals surface area contributed by atoms with Crippen LogP contribution in [0.3, 0.4) is 0 Å². The maximum atomic E-state index is 15.3. The zero-order chi connectivity index (χ0) is 31.3. The highest BCUT2D eigenvalue weighted by Gasteiger charge is 2.23. The first-order valence-electron chi connectivity index (χ1n) is 13.6. The third-order valence-electron chi connectivity index (χ3n) is 7.02. The number of hydrazine groups is 1. The number of aryl methyl sites for hydroxylation is 1. The second-order valence-corrected chi connectivity index (χ2v) is 10.8. The molecule has 0 unspecified atom stereocenters. The number of anilines is 2. The second-order valence-electron chi connectivity index (χ2n) is 10.4. The van der Waals surface area contributed by atoms with Crippen LogP contribution in [0, 0.1) is 17.6 Å². The fraction of sp³-hybridized carbons (Fsp3) is 0.267. The van der Waals surface area contributed by atoms with Crippen molar-refractivity contribution in [2.75, 3.05) is 10.3 Å². The second kappa shape index (κ2) is 13.6. The molecule has 1 amide bonds. The van der Waals surface area contributed by atoms with Gasteiger partial charge >= 0.3 is 0 Å². The average Bonchev–Trinajstić information content (AvgIpc) is 3.32. The summed E-state index contributed by atoms with van der Waals surface area (Å²) in [4.78, 5) is 29.2. The first-order valence-corrected chi connectivity index (χ1v) is 13.9. The number of nitrogens with zero attached hydrogens (tertiary/aromatic N) is 5. The molecule has 0 fully saturated rings. The quantitative estimate of drug-likeness (QED) is 0.112. The van der Waals surface area contributed by atoms with Gasteiger partial charge in [0.15, 0.2) is 5.82 Å². The van der Waals surface area contributed by atoms with Gasteiger partial charge in [0.25, 0.3) is 5.56 Å². The zero-order valence-corrected chi connectivity index (χ0v) is 24.7. The normalized spacial score (nSPS) is 12.2. The monoisotopic (exact) mass is 610 g/mol. The molecule has 0 saturated carbocycles. The number of rotatable bonds is 12. The van der Waals surface area contributed by atoms with Crippen LogP contribution < -0.4 is 27.5 Å². The van der Waals surface area contributed by atoms with Gasteiger partial charge in [0, 0.05) is 31.1 Å². The predicted molar refractivity (Wildman–Crippen MR) is 164 cm³/mol. The van der Waals surface area contributed by atoms with Crippen molar-refractivity contribution in [3.63, 3.8) is 0 Å². The molecular formula is C30H33ClF2N8O2. The molecule has 0 radical (unpaired) electrons. The number of halogens is 3. The highest BCUT2D eigenvalue weighted by atomic mass is 35.5. The third-order valence-corrected chi connectivity index (χ3v) is 7.31. The third kappa shape index (κ3) is 6.92. The van der Waals surface area contributed by atoms with Crippen molar-refractivity contribution in [3.05, 3.63) is 93.9 Å².